The van der Waals surface area contributed by atoms with Crippen LogP contribution >= 0.6 is 0 Å². The zero-order valence-electron chi connectivity index (χ0n) is 46.8. The monoisotopic (exact) mass is 1090 g/mol. The van der Waals surface area contributed by atoms with Crippen LogP contribution in [0.2, 0.25) is 0 Å². The number of hydrogen-bond donors (Lipinski definition) is 0. The second-order valence-electron chi connectivity index (χ2n) is 21.9. The minimum atomic E-state index is 0.648. The number of para-hydroxylation sites is 1. The molecule has 2 heterocycles. The van der Waals surface area contributed by atoms with Crippen LogP contribution in [0.5, 0.6) is 0 Å². The molecule has 400 valence electrons. The first kappa shape index (κ1) is 50.8. The largest absolute Gasteiger partial charge is 0.292 e. The summed E-state index contributed by atoms with van der Waals surface area (Å²) in [6.45, 7) is 2.14. The number of aryl methyl sites for hydroxylation is 1. The first-order chi connectivity index (χ1) is 42.0. The Morgan fingerprint density at radius 1 is 0.376 bits per heavy atom. The molecule has 0 aliphatic rings. The summed E-state index contributed by atoms with van der Waals surface area (Å²) < 4.78 is 2.26. The lowest BCUT2D eigenvalue weighted by atomic mass is 9.91. The molecule has 0 unspecified atom stereocenters. The first-order valence-electron chi connectivity index (χ1n) is 29.0. The highest BCUT2D eigenvalue weighted by molar-refractivity contribution is 6.07. The van der Waals surface area contributed by atoms with Gasteiger partial charge in [-0.15, -0.1) is 0 Å². The fraction of sp³-hybridized carbons (Fsp3) is 0.0250. The molecular weight excluding hydrogens is 1030 g/mol. The Kier molecular flexibility index (Phi) is 13.1. The van der Waals surface area contributed by atoms with Crippen LogP contribution in [0.15, 0.2) is 308 Å². The molecule has 0 atom stereocenters. The molecule has 0 aliphatic heterocycles. The van der Waals surface area contributed by atoms with Gasteiger partial charge in [0.05, 0.1) is 33.6 Å². The van der Waals surface area contributed by atoms with Gasteiger partial charge < -0.3 is 0 Å². The maximum Gasteiger partial charge on any atom is 0.160 e. The van der Waals surface area contributed by atoms with Crippen molar-refractivity contribution in [3.05, 3.63) is 320 Å². The Morgan fingerprint density at radius 3 is 1.60 bits per heavy atom. The van der Waals surface area contributed by atoms with Gasteiger partial charge in [-0.05, 0) is 139 Å². The number of imidazole rings is 1. The van der Waals surface area contributed by atoms with E-state index in [1.54, 1.807) is 0 Å². The van der Waals surface area contributed by atoms with Gasteiger partial charge in [0.25, 0.3) is 0 Å². The molecule has 2 aromatic heterocycles. The number of nitrogens with zero attached hydrogens (tertiary/aromatic N) is 5. The van der Waals surface area contributed by atoms with Gasteiger partial charge in [-0.3, -0.25) is 9.56 Å². The van der Waals surface area contributed by atoms with Gasteiger partial charge >= 0.3 is 0 Å². The topological polar surface area (TPSA) is 56.0 Å². The van der Waals surface area contributed by atoms with Crippen LogP contribution < -0.4 is 0 Å². The standard InChI is InChI=1S/C80H55N5/c1-53-30-31-66(51-73(53)81-74(59-22-8-3-9-23-59)46-54-18-6-2-7-19-54)58-34-40-61(41-35-58)79-83-77(60-38-32-57(33-39-60)67-44-45-76-75(52-67)82-80(62-24-10-4-11-25-62)85(76)70-28-12-5-13-29-70)72-50-69(65-42-36-55-20-14-16-26-63(55)47-65)49-71(78(72)84-79)68-43-37-56-21-15-17-27-64(56)48-68/h2-45,47-52H,46H2,1H3/b81-74+. The summed E-state index contributed by atoms with van der Waals surface area (Å²) in [6.07, 6.45) is 0.726. The summed E-state index contributed by atoms with van der Waals surface area (Å²) >= 11 is 0. The van der Waals surface area contributed by atoms with Crippen molar-refractivity contribution in [3.63, 3.8) is 0 Å². The van der Waals surface area contributed by atoms with E-state index in [0.717, 1.165) is 129 Å². The van der Waals surface area contributed by atoms with Crippen LogP contribution in [-0.4, -0.2) is 25.2 Å². The highest BCUT2D eigenvalue weighted by Gasteiger charge is 2.20. The summed E-state index contributed by atoms with van der Waals surface area (Å²) in [4.78, 5) is 21.9. The zero-order chi connectivity index (χ0) is 56.6. The summed E-state index contributed by atoms with van der Waals surface area (Å²) in [5.41, 5.74) is 21.9. The van der Waals surface area contributed by atoms with Crippen molar-refractivity contribution >= 4 is 54.9 Å². The number of hydrogen-bond acceptors (Lipinski definition) is 4. The lowest BCUT2D eigenvalue weighted by molar-refractivity contribution is 1.10. The Bertz CT molecular complexity index is 4990. The summed E-state index contributed by atoms with van der Waals surface area (Å²) in [6, 6.07) is 108. The molecular formula is C80H55N5. The molecule has 13 aromatic carbocycles. The van der Waals surface area contributed by atoms with Crippen LogP contribution in [0.4, 0.5) is 5.69 Å². The zero-order valence-corrected chi connectivity index (χ0v) is 46.8. The fourth-order valence-corrected chi connectivity index (χ4v) is 11.9. The van der Waals surface area contributed by atoms with E-state index in [0.29, 0.717) is 5.82 Å². The van der Waals surface area contributed by atoms with Crippen LogP contribution in [0.1, 0.15) is 16.7 Å². The highest BCUT2D eigenvalue weighted by Crippen LogP contribution is 2.41. The highest BCUT2D eigenvalue weighted by atomic mass is 15.1. The number of rotatable bonds is 12. The Labute approximate surface area is 494 Å². The number of aliphatic imine (C=N–C) groups is 1. The molecule has 15 aromatic rings. The number of fused-ring (bicyclic) bond motifs is 4. The van der Waals surface area contributed by atoms with Gasteiger partial charge in [0.15, 0.2) is 5.82 Å². The minimum Gasteiger partial charge on any atom is -0.292 e. The van der Waals surface area contributed by atoms with Crippen molar-refractivity contribution < 1.29 is 0 Å². The molecule has 0 bridgehead atoms. The average Bonchev–Trinajstić information content (AvgIpc) is 3.17. The van der Waals surface area contributed by atoms with E-state index in [2.05, 4.69) is 309 Å². The third-order valence-corrected chi connectivity index (χ3v) is 16.4. The summed E-state index contributed by atoms with van der Waals surface area (Å²) in [7, 11) is 0. The van der Waals surface area contributed by atoms with Crippen LogP contribution in [0, 0.1) is 6.92 Å². The molecule has 0 N–H and O–H groups in total. The van der Waals surface area contributed by atoms with E-state index < -0.39 is 0 Å². The van der Waals surface area contributed by atoms with Crippen molar-refractivity contribution in [2.24, 2.45) is 4.99 Å². The van der Waals surface area contributed by atoms with Gasteiger partial charge in [0, 0.05) is 39.7 Å². The molecule has 5 heteroatoms. The smallest absolute Gasteiger partial charge is 0.160 e. The predicted molar refractivity (Wildman–Crippen MR) is 355 cm³/mol. The second-order valence-corrected chi connectivity index (χ2v) is 21.9. The van der Waals surface area contributed by atoms with Crippen molar-refractivity contribution in [2.45, 2.75) is 13.3 Å². The third-order valence-electron chi connectivity index (χ3n) is 16.4. The molecule has 15 rings (SSSR count). The van der Waals surface area contributed by atoms with E-state index in [1.165, 1.54) is 27.1 Å². The number of benzene rings is 13. The minimum absolute atomic E-state index is 0.648. The lowest BCUT2D eigenvalue weighted by Crippen LogP contribution is -2.05. The molecule has 0 fully saturated rings. The average molecular weight is 1090 g/mol. The Balaban J connectivity index is 0.866. The number of aromatic nitrogens is 4. The van der Waals surface area contributed by atoms with E-state index in [-0.39, 0.29) is 0 Å². The normalized spacial score (nSPS) is 11.7. The molecule has 0 amide bonds. The van der Waals surface area contributed by atoms with Gasteiger partial charge in [-0.25, -0.2) is 15.0 Å². The summed E-state index contributed by atoms with van der Waals surface area (Å²) in [5, 5.41) is 5.72. The second kappa shape index (κ2) is 22.0. The van der Waals surface area contributed by atoms with Crippen LogP contribution in [0.25, 0.3) is 128 Å². The molecule has 5 nitrogen and oxygen atoms in total. The Morgan fingerprint density at radius 2 is 0.906 bits per heavy atom. The molecule has 0 saturated carbocycles. The van der Waals surface area contributed by atoms with Crippen molar-refractivity contribution in [1.29, 1.82) is 0 Å². The maximum absolute atomic E-state index is 5.61. The maximum atomic E-state index is 5.61. The SMILES string of the molecule is Cc1ccc(-c2ccc(-c3nc(-c4ccc(-c5ccc6c(c5)nc(-c5ccccc5)n6-c5ccccc5)cc4)c4cc(-c5ccc6ccccc6c5)cc(-c5ccc6ccccc6c5)c4n3)cc2)cc1/N=C(\Cc1ccccc1)c1ccccc1. The van der Waals surface area contributed by atoms with Gasteiger partial charge in [-0.2, -0.15) is 0 Å². The van der Waals surface area contributed by atoms with Crippen LogP contribution in [0.3, 0.4) is 0 Å². The molecule has 85 heavy (non-hydrogen) atoms. The molecule has 0 saturated heterocycles. The fourth-order valence-electron chi connectivity index (χ4n) is 11.9. The molecule has 0 aliphatic carbocycles. The lowest BCUT2D eigenvalue weighted by Gasteiger charge is -2.16. The van der Waals surface area contributed by atoms with E-state index in [9.17, 15) is 0 Å². The first-order valence-corrected chi connectivity index (χ1v) is 29.0. The van der Waals surface area contributed by atoms with Gasteiger partial charge in [0.1, 0.15) is 5.82 Å². The molecule has 0 spiro atoms. The van der Waals surface area contributed by atoms with Crippen molar-refractivity contribution in [2.75, 3.05) is 0 Å². The van der Waals surface area contributed by atoms with Crippen LogP contribution in [-0.2, 0) is 6.42 Å². The van der Waals surface area contributed by atoms with Gasteiger partial charge in [-0.1, -0.05) is 249 Å². The quantitative estimate of drug-likeness (QED) is 0.115. The van der Waals surface area contributed by atoms with Crippen molar-refractivity contribution in [1.82, 2.24) is 19.5 Å². The van der Waals surface area contributed by atoms with Crippen molar-refractivity contribution in [3.8, 4) is 84.2 Å². The van der Waals surface area contributed by atoms with E-state index in [4.69, 9.17) is 19.9 Å². The van der Waals surface area contributed by atoms with E-state index >= 15 is 0 Å². The Hall–Kier alpha value is -11.1. The third kappa shape index (κ3) is 10.0. The predicted octanol–water partition coefficient (Wildman–Crippen LogP) is 20.6. The van der Waals surface area contributed by atoms with Gasteiger partial charge in [0.2, 0.25) is 0 Å². The summed E-state index contributed by atoms with van der Waals surface area (Å²) in [5.74, 6) is 1.55. The molecule has 0 radical (unpaired) electrons. The van der Waals surface area contributed by atoms with E-state index in [1.807, 2.05) is 6.07 Å².